The molecule has 2 aromatic rings. The van der Waals surface area contributed by atoms with Gasteiger partial charge in [-0.2, -0.15) is 0 Å². The highest BCUT2D eigenvalue weighted by atomic mass is 16.5. The van der Waals surface area contributed by atoms with Crippen molar-refractivity contribution >= 4 is 11.8 Å². The lowest BCUT2D eigenvalue weighted by molar-refractivity contribution is -0.139. The average Bonchev–Trinajstić information content (AvgIpc) is 2.66. The summed E-state index contributed by atoms with van der Waals surface area (Å²) in [4.78, 5) is 24.3. The first-order valence-electron chi connectivity index (χ1n) is 6.65. The van der Waals surface area contributed by atoms with Crippen LogP contribution in [-0.4, -0.2) is 18.9 Å². The molecule has 0 radical (unpaired) electrons. The Balaban J connectivity index is 2.12. The van der Waals surface area contributed by atoms with Gasteiger partial charge in [-0.05, 0) is 11.6 Å². The Bertz CT molecular complexity index is 718. The Kier molecular flexibility index (Phi) is 3.44. The first-order chi connectivity index (χ1) is 10.2. The van der Waals surface area contributed by atoms with Crippen molar-refractivity contribution in [2.45, 2.75) is 13.0 Å². The second-order valence-electron chi connectivity index (χ2n) is 4.82. The molecule has 1 aliphatic heterocycles. The largest absolute Gasteiger partial charge is 0.488 e. The summed E-state index contributed by atoms with van der Waals surface area (Å²) in [6.45, 7) is 0.344. The van der Waals surface area contributed by atoms with Crippen molar-refractivity contribution in [2.24, 2.45) is 0 Å². The maximum atomic E-state index is 12.8. The van der Waals surface area contributed by atoms with Crippen LogP contribution in [0.25, 0.3) is 0 Å². The summed E-state index contributed by atoms with van der Waals surface area (Å²) in [6.07, 6.45) is 0.0525. The topological polar surface area (TPSA) is 52.6 Å². The fourth-order valence-electron chi connectivity index (χ4n) is 2.49. The zero-order valence-electron chi connectivity index (χ0n) is 11.6. The van der Waals surface area contributed by atoms with E-state index in [-0.39, 0.29) is 18.2 Å². The van der Waals surface area contributed by atoms with Crippen LogP contribution >= 0.6 is 0 Å². The van der Waals surface area contributed by atoms with E-state index < -0.39 is 0 Å². The number of hydrogen-bond donors (Lipinski definition) is 0. The zero-order chi connectivity index (χ0) is 14.8. The van der Waals surface area contributed by atoms with Crippen molar-refractivity contribution in [1.82, 2.24) is 0 Å². The highest BCUT2D eigenvalue weighted by Crippen LogP contribution is 2.31. The number of ether oxygens (including phenoxy) is 2. The summed E-state index contributed by atoms with van der Waals surface area (Å²) in [7, 11) is 1.33. The van der Waals surface area contributed by atoms with Gasteiger partial charge in [0, 0.05) is 11.1 Å². The summed E-state index contributed by atoms with van der Waals surface area (Å²) in [5.41, 5.74) is 2.55. The minimum atomic E-state index is -0.381. The van der Waals surface area contributed by atoms with Gasteiger partial charge >= 0.3 is 5.97 Å². The molecule has 0 saturated heterocycles. The van der Waals surface area contributed by atoms with Crippen LogP contribution in [0.3, 0.4) is 0 Å². The van der Waals surface area contributed by atoms with E-state index >= 15 is 0 Å². The number of esters is 1. The molecule has 4 nitrogen and oxygen atoms in total. The maximum Gasteiger partial charge on any atom is 0.310 e. The van der Waals surface area contributed by atoms with E-state index in [4.69, 9.17) is 9.47 Å². The number of ketones is 1. The first kappa shape index (κ1) is 13.4. The van der Waals surface area contributed by atoms with E-state index in [9.17, 15) is 9.59 Å². The van der Waals surface area contributed by atoms with E-state index in [1.165, 1.54) is 7.11 Å². The van der Waals surface area contributed by atoms with Gasteiger partial charge < -0.3 is 9.47 Å². The van der Waals surface area contributed by atoms with Crippen LogP contribution in [0.4, 0.5) is 0 Å². The van der Waals surface area contributed by atoms with Gasteiger partial charge in [-0.25, -0.2) is 0 Å². The number of carbonyl (C=O) groups is 2. The lowest BCUT2D eigenvalue weighted by atomic mass is 9.94. The van der Waals surface area contributed by atoms with E-state index in [0.717, 1.165) is 5.56 Å². The molecule has 1 aliphatic rings. The number of carbonyl (C=O) groups excluding carboxylic acids is 2. The Morgan fingerprint density at radius 3 is 2.81 bits per heavy atom. The van der Waals surface area contributed by atoms with Crippen LogP contribution in [0.15, 0.2) is 42.5 Å². The standard InChI is InChI=1S/C17H14O4/c1-20-15(18)9-11-6-4-8-14-16(11)17(19)13-7-3-2-5-12(13)10-21-14/h2-8H,9-10H2,1H3. The third kappa shape index (κ3) is 2.40. The predicted octanol–water partition coefficient (Wildman–Crippen LogP) is 2.53. The second kappa shape index (κ2) is 5.40. The summed E-state index contributed by atoms with van der Waals surface area (Å²) in [6, 6.07) is 12.6. The van der Waals surface area contributed by atoms with Crippen molar-refractivity contribution in [3.8, 4) is 5.75 Å². The lowest BCUT2D eigenvalue weighted by Crippen LogP contribution is -2.11. The number of methoxy groups -OCH3 is 1. The van der Waals surface area contributed by atoms with Gasteiger partial charge in [-0.1, -0.05) is 36.4 Å². The fraction of sp³-hybridized carbons (Fsp3) is 0.176. The van der Waals surface area contributed by atoms with Gasteiger partial charge in [0.15, 0.2) is 5.78 Å². The van der Waals surface area contributed by atoms with Gasteiger partial charge in [0.05, 0.1) is 19.1 Å². The predicted molar refractivity (Wildman–Crippen MR) is 76.4 cm³/mol. The van der Waals surface area contributed by atoms with Crippen LogP contribution in [0.2, 0.25) is 0 Å². The fourth-order valence-corrected chi connectivity index (χ4v) is 2.49. The van der Waals surface area contributed by atoms with Crippen LogP contribution < -0.4 is 4.74 Å². The summed E-state index contributed by atoms with van der Waals surface area (Å²) in [5.74, 6) is 0.0175. The Morgan fingerprint density at radius 1 is 1.19 bits per heavy atom. The Hall–Kier alpha value is -2.62. The van der Waals surface area contributed by atoms with E-state index in [2.05, 4.69) is 0 Å². The number of rotatable bonds is 2. The molecule has 4 heteroatoms. The molecule has 0 unspecified atom stereocenters. The highest BCUT2D eigenvalue weighted by molar-refractivity contribution is 6.13. The lowest BCUT2D eigenvalue weighted by Gasteiger charge is -2.10. The molecule has 0 atom stereocenters. The minimum absolute atomic E-state index is 0.0525. The minimum Gasteiger partial charge on any atom is -0.488 e. The summed E-state index contributed by atoms with van der Waals surface area (Å²) in [5, 5.41) is 0. The molecular formula is C17H14O4. The van der Waals surface area contributed by atoms with Crippen LogP contribution in [-0.2, 0) is 22.6 Å². The normalized spacial score (nSPS) is 12.7. The molecule has 0 spiro atoms. The molecule has 1 heterocycles. The highest BCUT2D eigenvalue weighted by Gasteiger charge is 2.25. The molecule has 21 heavy (non-hydrogen) atoms. The van der Waals surface area contributed by atoms with Crippen LogP contribution in [0.5, 0.6) is 5.75 Å². The molecule has 106 valence electrons. The average molecular weight is 282 g/mol. The van der Waals surface area contributed by atoms with Crippen molar-refractivity contribution in [3.05, 3.63) is 64.7 Å². The van der Waals surface area contributed by atoms with Crippen LogP contribution in [0, 0.1) is 0 Å². The van der Waals surface area contributed by atoms with E-state index in [1.54, 1.807) is 24.3 Å². The molecule has 0 amide bonds. The van der Waals surface area contributed by atoms with Crippen LogP contribution in [0.1, 0.15) is 27.0 Å². The van der Waals surface area contributed by atoms with Crippen molar-refractivity contribution in [2.75, 3.05) is 7.11 Å². The number of hydrogen-bond acceptors (Lipinski definition) is 4. The summed E-state index contributed by atoms with van der Waals surface area (Å²) >= 11 is 0. The van der Waals surface area contributed by atoms with E-state index in [1.807, 2.05) is 18.2 Å². The molecule has 0 N–H and O–H groups in total. The number of benzene rings is 2. The number of fused-ring (bicyclic) bond motifs is 2. The van der Waals surface area contributed by atoms with Crippen molar-refractivity contribution in [3.63, 3.8) is 0 Å². The molecule has 2 aromatic carbocycles. The van der Waals surface area contributed by atoms with Gasteiger partial charge in [-0.15, -0.1) is 0 Å². The third-order valence-corrected chi connectivity index (χ3v) is 3.55. The molecular weight excluding hydrogens is 268 g/mol. The first-order valence-corrected chi connectivity index (χ1v) is 6.65. The smallest absolute Gasteiger partial charge is 0.310 e. The van der Waals surface area contributed by atoms with Gasteiger partial charge in [0.1, 0.15) is 12.4 Å². The SMILES string of the molecule is COC(=O)Cc1cccc2c1C(=O)c1ccccc1CO2. The molecule has 0 saturated carbocycles. The zero-order valence-corrected chi connectivity index (χ0v) is 11.6. The van der Waals surface area contributed by atoms with Crippen molar-refractivity contribution in [1.29, 1.82) is 0 Å². The molecule has 3 rings (SSSR count). The quantitative estimate of drug-likeness (QED) is 0.794. The summed E-state index contributed by atoms with van der Waals surface area (Å²) < 4.78 is 10.4. The molecule has 0 bridgehead atoms. The van der Waals surface area contributed by atoms with Gasteiger partial charge in [0.2, 0.25) is 0 Å². The third-order valence-electron chi connectivity index (χ3n) is 3.55. The monoisotopic (exact) mass is 282 g/mol. The van der Waals surface area contributed by atoms with E-state index in [0.29, 0.717) is 29.0 Å². The molecule has 0 fully saturated rings. The molecule has 0 aliphatic carbocycles. The maximum absolute atomic E-state index is 12.8. The second-order valence-corrected chi connectivity index (χ2v) is 4.82. The Labute approximate surface area is 122 Å². The van der Waals surface area contributed by atoms with Gasteiger partial charge in [-0.3, -0.25) is 9.59 Å². The van der Waals surface area contributed by atoms with Gasteiger partial charge in [0.25, 0.3) is 0 Å². The molecule has 0 aromatic heterocycles. The Morgan fingerprint density at radius 2 is 2.00 bits per heavy atom. The van der Waals surface area contributed by atoms with Crippen molar-refractivity contribution < 1.29 is 19.1 Å².